The highest BCUT2D eigenvalue weighted by atomic mass is 16.5. The summed E-state index contributed by atoms with van der Waals surface area (Å²) in [7, 11) is 0. The van der Waals surface area contributed by atoms with Crippen LogP contribution in [-0.2, 0) is 19.1 Å². The molecule has 2 rings (SSSR count). The van der Waals surface area contributed by atoms with Crippen molar-refractivity contribution >= 4 is 17.8 Å². The van der Waals surface area contributed by atoms with E-state index in [4.69, 9.17) is 4.74 Å². The fourth-order valence-corrected chi connectivity index (χ4v) is 3.17. The molecule has 2 amide bonds. The molecule has 2 atom stereocenters. The van der Waals surface area contributed by atoms with Crippen molar-refractivity contribution in [2.24, 2.45) is 5.92 Å². The molecule has 0 aliphatic carbocycles. The molecule has 1 aliphatic rings. The smallest absolute Gasteiger partial charge is 0.310 e. The van der Waals surface area contributed by atoms with E-state index in [2.05, 4.69) is 5.32 Å². The van der Waals surface area contributed by atoms with Crippen LogP contribution in [0.5, 0.6) is 0 Å². The van der Waals surface area contributed by atoms with Gasteiger partial charge in [0.1, 0.15) is 0 Å². The SMILES string of the molecule is CCOC(=O)C1CCCN(C(=O)CCC(=O)NC(C)c2ccccc2)C1. The summed E-state index contributed by atoms with van der Waals surface area (Å²) in [6, 6.07) is 9.61. The monoisotopic (exact) mass is 360 g/mol. The third-order valence-electron chi connectivity index (χ3n) is 4.64. The molecule has 1 saturated heterocycles. The molecule has 0 aromatic heterocycles. The first-order valence-corrected chi connectivity index (χ1v) is 9.30. The minimum Gasteiger partial charge on any atom is -0.466 e. The van der Waals surface area contributed by atoms with Gasteiger partial charge in [0.15, 0.2) is 0 Å². The maximum absolute atomic E-state index is 12.4. The molecule has 1 heterocycles. The van der Waals surface area contributed by atoms with Gasteiger partial charge in [-0.05, 0) is 32.3 Å². The predicted octanol–water partition coefficient (Wildman–Crippen LogP) is 2.45. The number of amides is 2. The van der Waals surface area contributed by atoms with Gasteiger partial charge >= 0.3 is 5.97 Å². The summed E-state index contributed by atoms with van der Waals surface area (Å²) in [6.45, 7) is 5.07. The van der Waals surface area contributed by atoms with E-state index in [0.29, 0.717) is 19.7 Å². The topological polar surface area (TPSA) is 75.7 Å². The van der Waals surface area contributed by atoms with Gasteiger partial charge in [-0.2, -0.15) is 0 Å². The van der Waals surface area contributed by atoms with Crippen LogP contribution < -0.4 is 5.32 Å². The summed E-state index contributed by atoms with van der Waals surface area (Å²) in [5.41, 5.74) is 1.03. The van der Waals surface area contributed by atoms with Gasteiger partial charge in [-0.1, -0.05) is 30.3 Å². The zero-order valence-corrected chi connectivity index (χ0v) is 15.6. The highest BCUT2D eigenvalue weighted by Gasteiger charge is 2.29. The lowest BCUT2D eigenvalue weighted by molar-refractivity contribution is -0.151. The van der Waals surface area contributed by atoms with Crippen molar-refractivity contribution in [1.29, 1.82) is 0 Å². The highest BCUT2D eigenvalue weighted by molar-refractivity contribution is 5.84. The Balaban J connectivity index is 1.76. The molecule has 2 unspecified atom stereocenters. The molecule has 142 valence electrons. The van der Waals surface area contributed by atoms with E-state index >= 15 is 0 Å². The van der Waals surface area contributed by atoms with E-state index in [-0.39, 0.29) is 42.6 Å². The number of nitrogens with one attached hydrogen (secondary N) is 1. The van der Waals surface area contributed by atoms with Crippen LogP contribution in [0.1, 0.15) is 51.1 Å². The third-order valence-corrected chi connectivity index (χ3v) is 4.64. The van der Waals surface area contributed by atoms with Gasteiger partial charge in [0, 0.05) is 25.9 Å². The van der Waals surface area contributed by atoms with Crippen molar-refractivity contribution < 1.29 is 19.1 Å². The van der Waals surface area contributed by atoms with E-state index in [0.717, 1.165) is 18.4 Å². The number of esters is 1. The Kier molecular flexibility index (Phi) is 7.63. The lowest BCUT2D eigenvalue weighted by Gasteiger charge is -2.31. The van der Waals surface area contributed by atoms with E-state index in [1.165, 1.54) is 0 Å². The number of hydrogen-bond acceptors (Lipinski definition) is 4. The summed E-state index contributed by atoms with van der Waals surface area (Å²) >= 11 is 0. The molecule has 0 saturated carbocycles. The standard InChI is InChI=1S/C20H28N2O4/c1-3-26-20(25)17-10-7-13-22(14-17)19(24)12-11-18(23)21-15(2)16-8-5-4-6-9-16/h4-6,8-9,15,17H,3,7,10-14H2,1-2H3,(H,21,23). The Morgan fingerprint density at radius 3 is 2.65 bits per heavy atom. The highest BCUT2D eigenvalue weighted by Crippen LogP contribution is 2.19. The van der Waals surface area contributed by atoms with Crippen LogP contribution >= 0.6 is 0 Å². The zero-order chi connectivity index (χ0) is 18.9. The summed E-state index contributed by atoms with van der Waals surface area (Å²) in [4.78, 5) is 38.0. The number of piperidine rings is 1. The number of carbonyl (C=O) groups is 3. The Labute approximate surface area is 154 Å². The Hall–Kier alpha value is -2.37. The summed E-state index contributed by atoms with van der Waals surface area (Å²) in [5, 5.41) is 2.91. The first-order valence-electron chi connectivity index (χ1n) is 9.30. The molecule has 0 radical (unpaired) electrons. The normalized spacial score (nSPS) is 18.1. The molecule has 1 aromatic rings. The van der Waals surface area contributed by atoms with Gasteiger partial charge in [-0.15, -0.1) is 0 Å². The van der Waals surface area contributed by atoms with Crippen LogP contribution in [0, 0.1) is 5.92 Å². The van der Waals surface area contributed by atoms with E-state index in [1.54, 1.807) is 11.8 Å². The Bertz CT molecular complexity index is 617. The molecular weight excluding hydrogens is 332 g/mol. The summed E-state index contributed by atoms with van der Waals surface area (Å²) in [6.07, 6.45) is 1.84. The molecule has 1 aliphatic heterocycles. The minimum atomic E-state index is -0.250. The Morgan fingerprint density at radius 1 is 1.23 bits per heavy atom. The number of hydrogen-bond donors (Lipinski definition) is 1. The number of ether oxygens (including phenoxy) is 1. The average molecular weight is 360 g/mol. The van der Waals surface area contributed by atoms with Gasteiger partial charge in [0.05, 0.1) is 18.6 Å². The molecule has 0 bridgehead atoms. The van der Waals surface area contributed by atoms with Crippen molar-refractivity contribution in [1.82, 2.24) is 10.2 Å². The van der Waals surface area contributed by atoms with Gasteiger partial charge in [0.2, 0.25) is 11.8 Å². The van der Waals surface area contributed by atoms with Crippen molar-refractivity contribution in [2.75, 3.05) is 19.7 Å². The first-order chi connectivity index (χ1) is 12.5. The fourth-order valence-electron chi connectivity index (χ4n) is 3.17. The molecule has 1 aromatic carbocycles. The Morgan fingerprint density at radius 2 is 1.96 bits per heavy atom. The average Bonchev–Trinajstić information content (AvgIpc) is 2.67. The molecule has 0 spiro atoms. The lowest BCUT2D eigenvalue weighted by atomic mass is 9.98. The van der Waals surface area contributed by atoms with Crippen molar-refractivity contribution in [2.45, 2.75) is 45.6 Å². The maximum Gasteiger partial charge on any atom is 0.310 e. The first kappa shape index (κ1) is 19.9. The third kappa shape index (κ3) is 5.86. The predicted molar refractivity (Wildman–Crippen MR) is 98.2 cm³/mol. The van der Waals surface area contributed by atoms with Crippen molar-refractivity contribution in [3.05, 3.63) is 35.9 Å². The number of likely N-dealkylation sites (tertiary alicyclic amines) is 1. The van der Waals surface area contributed by atoms with Gasteiger partial charge in [-0.3, -0.25) is 14.4 Å². The van der Waals surface area contributed by atoms with E-state index in [1.807, 2.05) is 37.3 Å². The van der Waals surface area contributed by atoms with Crippen LogP contribution in [0.15, 0.2) is 30.3 Å². The second-order valence-corrected chi connectivity index (χ2v) is 6.63. The van der Waals surface area contributed by atoms with Crippen LogP contribution in [0.4, 0.5) is 0 Å². The molecule has 6 nitrogen and oxygen atoms in total. The summed E-state index contributed by atoms with van der Waals surface area (Å²) < 4.78 is 5.05. The molecular formula is C20H28N2O4. The second-order valence-electron chi connectivity index (χ2n) is 6.63. The van der Waals surface area contributed by atoms with Crippen LogP contribution in [0.25, 0.3) is 0 Å². The van der Waals surface area contributed by atoms with E-state index in [9.17, 15) is 14.4 Å². The van der Waals surface area contributed by atoms with Crippen molar-refractivity contribution in [3.63, 3.8) is 0 Å². The number of benzene rings is 1. The number of rotatable bonds is 7. The number of nitrogens with zero attached hydrogens (tertiary/aromatic N) is 1. The molecule has 6 heteroatoms. The van der Waals surface area contributed by atoms with Gasteiger partial charge < -0.3 is 15.0 Å². The van der Waals surface area contributed by atoms with Crippen LogP contribution in [0.3, 0.4) is 0 Å². The zero-order valence-electron chi connectivity index (χ0n) is 15.6. The second kappa shape index (κ2) is 9.94. The van der Waals surface area contributed by atoms with Gasteiger partial charge in [0.25, 0.3) is 0 Å². The molecule has 1 fully saturated rings. The van der Waals surface area contributed by atoms with Crippen LogP contribution in [0.2, 0.25) is 0 Å². The lowest BCUT2D eigenvalue weighted by Crippen LogP contribution is -2.43. The van der Waals surface area contributed by atoms with Crippen molar-refractivity contribution in [3.8, 4) is 0 Å². The summed E-state index contributed by atoms with van der Waals surface area (Å²) in [5.74, 6) is -0.714. The molecule has 26 heavy (non-hydrogen) atoms. The largest absolute Gasteiger partial charge is 0.466 e. The van der Waals surface area contributed by atoms with Crippen LogP contribution in [-0.4, -0.2) is 42.4 Å². The number of carbonyl (C=O) groups excluding carboxylic acids is 3. The maximum atomic E-state index is 12.4. The van der Waals surface area contributed by atoms with Gasteiger partial charge in [-0.25, -0.2) is 0 Å². The quantitative estimate of drug-likeness (QED) is 0.758. The van der Waals surface area contributed by atoms with E-state index < -0.39 is 0 Å². The molecule has 1 N–H and O–H groups in total. The minimum absolute atomic E-state index is 0.0819. The fraction of sp³-hybridized carbons (Fsp3) is 0.550.